The van der Waals surface area contributed by atoms with Gasteiger partial charge >= 0.3 is 0 Å². The number of carbonyl (C=O) groups is 1. The van der Waals surface area contributed by atoms with Gasteiger partial charge in [0, 0.05) is 26.1 Å². The summed E-state index contributed by atoms with van der Waals surface area (Å²) in [7, 11) is 1.81. The van der Waals surface area contributed by atoms with Crippen molar-refractivity contribution in [3.63, 3.8) is 0 Å². The van der Waals surface area contributed by atoms with Gasteiger partial charge in [0.25, 0.3) is 0 Å². The predicted octanol–water partition coefficient (Wildman–Crippen LogP) is 0.838. The van der Waals surface area contributed by atoms with Crippen molar-refractivity contribution < 1.29 is 4.79 Å². The van der Waals surface area contributed by atoms with E-state index >= 15 is 0 Å². The molecule has 0 aromatic carbocycles. The molecule has 0 fully saturated rings. The zero-order valence-corrected chi connectivity index (χ0v) is 8.50. The van der Waals surface area contributed by atoms with E-state index in [2.05, 4.69) is 0 Å². The van der Waals surface area contributed by atoms with Gasteiger partial charge in [-0.3, -0.25) is 4.79 Å². The molecule has 0 aromatic rings. The van der Waals surface area contributed by atoms with Crippen LogP contribution in [0.5, 0.6) is 0 Å². The van der Waals surface area contributed by atoms with Crippen LogP contribution >= 0.6 is 0 Å². The first-order chi connectivity index (χ1) is 5.49. The molecule has 3 nitrogen and oxygen atoms in total. The van der Waals surface area contributed by atoms with Gasteiger partial charge in [-0.15, -0.1) is 0 Å². The molecule has 0 saturated carbocycles. The highest BCUT2D eigenvalue weighted by Crippen LogP contribution is 2.04. The van der Waals surface area contributed by atoms with Crippen LogP contribution in [0.15, 0.2) is 0 Å². The molecular formula is C9H20N2O. The average Bonchev–Trinajstić information content (AvgIpc) is 2.00. The highest BCUT2D eigenvalue weighted by atomic mass is 16.2. The van der Waals surface area contributed by atoms with Crippen molar-refractivity contribution in [2.45, 2.75) is 33.2 Å². The van der Waals surface area contributed by atoms with Gasteiger partial charge in [0.05, 0.1) is 0 Å². The molecule has 1 atom stereocenters. The zero-order chi connectivity index (χ0) is 9.72. The molecule has 0 aromatic heterocycles. The van der Waals surface area contributed by atoms with E-state index in [-0.39, 0.29) is 11.9 Å². The molecule has 0 rings (SSSR count). The van der Waals surface area contributed by atoms with E-state index in [0.717, 1.165) is 0 Å². The molecule has 0 heterocycles. The van der Waals surface area contributed by atoms with E-state index in [1.165, 1.54) is 0 Å². The minimum Gasteiger partial charge on any atom is -0.342 e. The number of amides is 1. The lowest BCUT2D eigenvalue weighted by atomic mass is 10.1. The van der Waals surface area contributed by atoms with Crippen LogP contribution < -0.4 is 5.73 Å². The minimum atomic E-state index is 0.149. The Hall–Kier alpha value is -0.570. The second-order valence-corrected chi connectivity index (χ2v) is 3.69. The number of carbonyl (C=O) groups excluding carboxylic acids is 1. The topological polar surface area (TPSA) is 46.3 Å². The number of likely N-dealkylation sites (N-methyl/N-ethyl adjacent to an activating group) is 1. The first-order valence-corrected chi connectivity index (χ1v) is 4.44. The molecule has 1 unspecified atom stereocenters. The summed E-state index contributed by atoms with van der Waals surface area (Å²) in [6, 6.07) is 0.149. The maximum absolute atomic E-state index is 11.4. The third kappa shape index (κ3) is 3.72. The fraction of sp³-hybridized carbons (Fsp3) is 0.889. The maximum Gasteiger partial charge on any atom is 0.222 e. The van der Waals surface area contributed by atoms with Crippen LogP contribution in [-0.2, 0) is 4.79 Å². The third-order valence-electron chi connectivity index (χ3n) is 1.98. The second kappa shape index (κ2) is 5.14. The number of nitrogens with two attached hydrogens (primary N) is 1. The van der Waals surface area contributed by atoms with Crippen molar-refractivity contribution in [1.29, 1.82) is 0 Å². The first-order valence-electron chi connectivity index (χ1n) is 4.44. The van der Waals surface area contributed by atoms with Gasteiger partial charge in [0.15, 0.2) is 0 Å². The molecule has 0 aliphatic heterocycles. The Morgan fingerprint density at radius 2 is 1.92 bits per heavy atom. The van der Waals surface area contributed by atoms with Gasteiger partial charge in [0.2, 0.25) is 5.91 Å². The summed E-state index contributed by atoms with van der Waals surface area (Å²) in [5.41, 5.74) is 5.45. The molecule has 72 valence electrons. The number of hydrogen-bond acceptors (Lipinski definition) is 2. The van der Waals surface area contributed by atoms with Crippen LogP contribution in [0.2, 0.25) is 0 Å². The van der Waals surface area contributed by atoms with Crippen LogP contribution in [-0.4, -0.2) is 30.4 Å². The van der Waals surface area contributed by atoms with Gasteiger partial charge in [-0.05, 0) is 12.8 Å². The highest BCUT2D eigenvalue weighted by molar-refractivity contribution is 5.76. The Morgan fingerprint density at radius 1 is 1.42 bits per heavy atom. The summed E-state index contributed by atoms with van der Waals surface area (Å²) in [6.45, 7) is 6.57. The van der Waals surface area contributed by atoms with Gasteiger partial charge in [-0.2, -0.15) is 0 Å². The van der Waals surface area contributed by atoms with Crippen LogP contribution in [0.25, 0.3) is 0 Å². The molecule has 3 heteroatoms. The van der Waals surface area contributed by atoms with Crippen LogP contribution in [0.3, 0.4) is 0 Å². The molecule has 0 aliphatic rings. The van der Waals surface area contributed by atoms with Gasteiger partial charge in [-0.25, -0.2) is 0 Å². The van der Waals surface area contributed by atoms with E-state index in [1.54, 1.807) is 4.90 Å². The second-order valence-electron chi connectivity index (χ2n) is 3.69. The molecule has 0 bridgehead atoms. The third-order valence-corrected chi connectivity index (χ3v) is 1.98. The summed E-state index contributed by atoms with van der Waals surface area (Å²) in [4.78, 5) is 13.1. The number of rotatable bonds is 4. The van der Waals surface area contributed by atoms with Crippen LogP contribution in [0, 0.1) is 5.92 Å². The standard InChI is InChI=1S/C9H20N2O/c1-7(2)5-9(12)11(4)8(3)6-10/h7-8H,5-6,10H2,1-4H3. The van der Waals surface area contributed by atoms with Crippen molar-refractivity contribution in [2.75, 3.05) is 13.6 Å². The normalized spacial score (nSPS) is 13.2. The van der Waals surface area contributed by atoms with Crippen LogP contribution in [0.4, 0.5) is 0 Å². The van der Waals surface area contributed by atoms with Crippen molar-refractivity contribution in [2.24, 2.45) is 11.7 Å². The van der Waals surface area contributed by atoms with Crippen LogP contribution in [0.1, 0.15) is 27.2 Å². The first kappa shape index (κ1) is 11.4. The lowest BCUT2D eigenvalue weighted by molar-refractivity contribution is -0.132. The van der Waals surface area contributed by atoms with E-state index in [4.69, 9.17) is 5.73 Å². The molecular weight excluding hydrogens is 152 g/mol. The number of hydrogen-bond donors (Lipinski definition) is 1. The van der Waals surface area contributed by atoms with E-state index in [1.807, 2.05) is 27.8 Å². The monoisotopic (exact) mass is 172 g/mol. The van der Waals surface area contributed by atoms with Crippen molar-refractivity contribution in [3.05, 3.63) is 0 Å². The molecule has 0 spiro atoms. The van der Waals surface area contributed by atoms with Crippen molar-refractivity contribution in [3.8, 4) is 0 Å². The Balaban J connectivity index is 3.92. The lowest BCUT2D eigenvalue weighted by Crippen LogP contribution is -2.40. The summed E-state index contributed by atoms with van der Waals surface area (Å²) >= 11 is 0. The minimum absolute atomic E-state index is 0.149. The Kier molecular flexibility index (Phi) is 4.90. The van der Waals surface area contributed by atoms with Gasteiger partial charge < -0.3 is 10.6 Å². The quantitative estimate of drug-likeness (QED) is 0.683. The molecule has 1 amide bonds. The Labute approximate surface area is 74.9 Å². The van der Waals surface area contributed by atoms with E-state index in [9.17, 15) is 4.79 Å². The summed E-state index contributed by atoms with van der Waals surface area (Å²) in [5.74, 6) is 0.605. The SMILES string of the molecule is CC(C)CC(=O)N(C)C(C)CN. The fourth-order valence-corrected chi connectivity index (χ4v) is 0.897. The smallest absolute Gasteiger partial charge is 0.222 e. The largest absolute Gasteiger partial charge is 0.342 e. The Morgan fingerprint density at radius 3 is 2.25 bits per heavy atom. The van der Waals surface area contributed by atoms with E-state index < -0.39 is 0 Å². The van der Waals surface area contributed by atoms with Gasteiger partial charge in [0.1, 0.15) is 0 Å². The highest BCUT2D eigenvalue weighted by Gasteiger charge is 2.14. The summed E-state index contributed by atoms with van der Waals surface area (Å²) in [5, 5.41) is 0. The summed E-state index contributed by atoms with van der Waals surface area (Å²) < 4.78 is 0. The summed E-state index contributed by atoms with van der Waals surface area (Å²) in [6.07, 6.45) is 0.612. The Bertz CT molecular complexity index is 145. The average molecular weight is 172 g/mol. The molecule has 0 saturated heterocycles. The molecule has 0 radical (unpaired) electrons. The van der Waals surface area contributed by atoms with Gasteiger partial charge in [-0.1, -0.05) is 13.8 Å². The molecule has 0 aliphatic carbocycles. The zero-order valence-electron chi connectivity index (χ0n) is 8.50. The fourth-order valence-electron chi connectivity index (χ4n) is 0.897. The predicted molar refractivity (Wildman–Crippen MR) is 50.7 cm³/mol. The van der Waals surface area contributed by atoms with Crippen molar-refractivity contribution >= 4 is 5.91 Å². The number of nitrogens with zero attached hydrogens (tertiary/aromatic N) is 1. The van der Waals surface area contributed by atoms with Crippen molar-refractivity contribution in [1.82, 2.24) is 4.90 Å². The maximum atomic E-state index is 11.4. The molecule has 12 heavy (non-hydrogen) atoms. The lowest BCUT2D eigenvalue weighted by Gasteiger charge is -2.24. The van der Waals surface area contributed by atoms with E-state index in [0.29, 0.717) is 18.9 Å². The molecule has 2 N–H and O–H groups in total.